The smallest absolute Gasteiger partial charge is 0.341 e. The number of anilines is 1. The molecule has 13 heteroatoms. The van der Waals surface area contributed by atoms with Gasteiger partial charge < -0.3 is 14.8 Å². The van der Waals surface area contributed by atoms with Crippen LogP contribution in [0.15, 0.2) is 18.2 Å². The lowest BCUT2D eigenvalue weighted by Crippen LogP contribution is -2.15. The predicted molar refractivity (Wildman–Crippen MR) is 109 cm³/mol. The first-order valence-electron chi connectivity index (χ1n) is 8.85. The molecule has 0 saturated heterocycles. The van der Waals surface area contributed by atoms with Crippen molar-refractivity contribution in [2.45, 2.75) is 27.2 Å². The van der Waals surface area contributed by atoms with E-state index in [0.717, 1.165) is 29.5 Å². The number of thiophene rings is 1. The van der Waals surface area contributed by atoms with Crippen LogP contribution in [0.3, 0.4) is 0 Å². The molecule has 0 radical (unpaired) electrons. The molecule has 0 aliphatic rings. The Morgan fingerprint density at radius 3 is 2.13 bits per heavy atom. The van der Waals surface area contributed by atoms with E-state index in [9.17, 15) is 34.6 Å². The summed E-state index contributed by atoms with van der Waals surface area (Å²) in [5.74, 6) is -2.28. The summed E-state index contributed by atoms with van der Waals surface area (Å²) >= 11 is 0.784. The fourth-order valence-corrected chi connectivity index (χ4v) is 3.47. The first-order valence-corrected chi connectivity index (χ1v) is 9.67. The van der Waals surface area contributed by atoms with Crippen molar-refractivity contribution >= 4 is 45.6 Å². The van der Waals surface area contributed by atoms with E-state index in [-0.39, 0.29) is 39.8 Å². The molecule has 0 spiro atoms. The highest BCUT2D eigenvalue weighted by Crippen LogP contribution is 2.40. The topological polar surface area (TPSA) is 168 Å². The van der Waals surface area contributed by atoms with Crippen LogP contribution in [0, 0.1) is 27.2 Å². The molecular formula is C18H17N3O9S. The number of amides is 1. The minimum Gasteiger partial charge on any atom is -0.462 e. The number of nitrogens with zero attached hydrogens (tertiary/aromatic N) is 2. The molecule has 1 N–H and O–H groups in total. The predicted octanol–water partition coefficient (Wildman–Crippen LogP) is 3.62. The van der Waals surface area contributed by atoms with Crippen LogP contribution in [0.5, 0.6) is 5.06 Å². The highest BCUT2D eigenvalue weighted by Gasteiger charge is 2.27. The Morgan fingerprint density at radius 2 is 1.65 bits per heavy atom. The summed E-state index contributed by atoms with van der Waals surface area (Å²) in [6.45, 7) is 4.70. The van der Waals surface area contributed by atoms with E-state index in [1.54, 1.807) is 13.8 Å². The molecule has 0 saturated carbocycles. The van der Waals surface area contributed by atoms with Crippen LogP contribution < -0.4 is 10.1 Å². The van der Waals surface area contributed by atoms with Crippen molar-refractivity contribution in [3.63, 3.8) is 0 Å². The lowest BCUT2D eigenvalue weighted by Gasteiger charge is -2.07. The number of hydrogen-bond donors (Lipinski definition) is 1. The molecule has 1 aromatic carbocycles. The number of nitro groups is 2. The third kappa shape index (κ3) is 5.39. The van der Waals surface area contributed by atoms with Crippen molar-refractivity contribution < 1.29 is 33.7 Å². The Hall–Kier alpha value is -3.87. The van der Waals surface area contributed by atoms with Crippen LogP contribution in [0.25, 0.3) is 0 Å². The van der Waals surface area contributed by atoms with Gasteiger partial charge in [-0.15, -0.1) is 0 Å². The normalized spacial score (nSPS) is 10.3. The van der Waals surface area contributed by atoms with Gasteiger partial charge >= 0.3 is 11.9 Å². The van der Waals surface area contributed by atoms with Gasteiger partial charge in [0.05, 0.1) is 28.1 Å². The third-order valence-corrected chi connectivity index (χ3v) is 4.98. The van der Waals surface area contributed by atoms with Gasteiger partial charge in [0, 0.05) is 24.1 Å². The van der Waals surface area contributed by atoms with E-state index < -0.39 is 39.1 Å². The lowest BCUT2D eigenvalue weighted by atomic mass is 10.1. The lowest BCUT2D eigenvalue weighted by molar-refractivity contribution is -0.394. The van der Waals surface area contributed by atoms with Gasteiger partial charge in [-0.2, -0.15) is 0 Å². The van der Waals surface area contributed by atoms with Gasteiger partial charge in [0.25, 0.3) is 17.3 Å². The number of hydrogen-bond acceptors (Lipinski definition) is 10. The Bertz CT molecular complexity index is 1050. The van der Waals surface area contributed by atoms with Crippen LogP contribution >= 0.6 is 11.3 Å². The van der Waals surface area contributed by atoms with E-state index in [2.05, 4.69) is 5.32 Å². The molecule has 1 amide bonds. The average molecular weight is 451 g/mol. The quantitative estimate of drug-likeness (QED) is 0.358. The zero-order valence-electron chi connectivity index (χ0n) is 16.6. The molecule has 31 heavy (non-hydrogen) atoms. The van der Waals surface area contributed by atoms with Crippen molar-refractivity contribution in [2.75, 3.05) is 11.9 Å². The molecule has 1 heterocycles. The molecule has 2 rings (SSSR count). The fourth-order valence-electron chi connectivity index (χ4n) is 2.41. The minimum absolute atomic E-state index is 0.0333. The fraction of sp³-hybridized carbons (Fsp3) is 0.278. The number of nitrogens with one attached hydrogen (secondary N) is 1. The van der Waals surface area contributed by atoms with E-state index in [4.69, 9.17) is 9.47 Å². The highest BCUT2D eigenvalue weighted by molar-refractivity contribution is 7.18. The monoisotopic (exact) mass is 451 g/mol. The number of esters is 2. The summed E-state index contributed by atoms with van der Waals surface area (Å²) in [6, 6.07) is 2.45. The Labute approximate surface area is 179 Å². The van der Waals surface area contributed by atoms with E-state index in [0.29, 0.717) is 0 Å². The molecule has 0 aliphatic carbocycles. The molecule has 1 aromatic heterocycles. The zero-order valence-corrected chi connectivity index (χ0v) is 17.4. The van der Waals surface area contributed by atoms with Crippen LogP contribution in [-0.2, 0) is 9.53 Å². The van der Waals surface area contributed by atoms with Crippen molar-refractivity contribution in [1.29, 1.82) is 0 Å². The van der Waals surface area contributed by atoms with Crippen molar-refractivity contribution in [1.82, 2.24) is 0 Å². The first kappa shape index (κ1) is 23.4. The number of nitro benzene ring substituents is 2. The van der Waals surface area contributed by atoms with E-state index in [1.165, 1.54) is 6.92 Å². The summed E-state index contributed by atoms with van der Waals surface area (Å²) in [5, 5.41) is 24.5. The van der Waals surface area contributed by atoms with E-state index >= 15 is 0 Å². The molecule has 2 aromatic rings. The molecule has 0 fully saturated rings. The van der Waals surface area contributed by atoms with Gasteiger partial charge in [-0.1, -0.05) is 18.3 Å². The summed E-state index contributed by atoms with van der Waals surface area (Å²) in [4.78, 5) is 57.1. The molecule has 0 aliphatic heterocycles. The summed E-state index contributed by atoms with van der Waals surface area (Å²) in [7, 11) is 0. The number of carbonyl (C=O) groups excluding carboxylic acids is 3. The SMILES string of the molecule is CCOC(=O)c1c(NC(=O)c2cc([N+](=O)[O-])cc([N+](=O)[O-])c2)sc(OC(=O)CC)c1C. The van der Waals surface area contributed by atoms with Crippen LogP contribution in [0.4, 0.5) is 16.4 Å². The summed E-state index contributed by atoms with van der Waals surface area (Å²) < 4.78 is 10.2. The Morgan fingerprint density at radius 1 is 1.06 bits per heavy atom. The van der Waals surface area contributed by atoms with Gasteiger partial charge in [0.1, 0.15) is 10.6 Å². The molecule has 164 valence electrons. The number of carbonyl (C=O) groups is 3. The number of rotatable bonds is 8. The maximum atomic E-state index is 12.7. The first-order chi connectivity index (χ1) is 14.6. The summed E-state index contributed by atoms with van der Waals surface area (Å²) in [5.41, 5.74) is -1.46. The van der Waals surface area contributed by atoms with Gasteiger partial charge in [-0.3, -0.25) is 29.8 Å². The zero-order chi connectivity index (χ0) is 23.3. The molecule has 0 unspecified atom stereocenters. The second-order valence-corrected chi connectivity index (χ2v) is 6.96. The summed E-state index contributed by atoms with van der Waals surface area (Å²) in [6.07, 6.45) is 0.0745. The van der Waals surface area contributed by atoms with Crippen LogP contribution in [-0.4, -0.2) is 34.3 Å². The van der Waals surface area contributed by atoms with Crippen LogP contribution in [0.2, 0.25) is 0 Å². The molecule has 12 nitrogen and oxygen atoms in total. The van der Waals surface area contributed by atoms with Gasteiger partial charge in [-0.25, -0.2) is 4.79 Å². The molecule has 0 bridgehead atoms. The second kappa shape index (κ2) is 9.75. The third-order valence-electron chi connectivity index (χ3n) is 3.89. The van der Waals surface area contributed by atoms with Crippen LogP contribution in [0.1, 0.15) is 46.5 Å². The number of ether oxygens (including phenoxy) is 2. The standard InChI is InChI=1S/C18H17N3O9S/c1-4-13(22)30-18-9(3)14(17(24)29-5-2)16(31-18)19-15(23)10-6-11(20(25)26)8-12(7-10)21(27)28/h6-8H,4-5H2,1-3H3,(H,19,23). The van der Waals surface area contributed by atoms with E-state index in [1.807, 2.05) is 0 Å². The maximum Gasteiger partial charge on any atom is 0.341 e. The number of non-ortho nitro benzene ring substituents is 2. The molecular weight excluding hydrogens is 434 g/mol. The van der Waals surface area contributed by atoms with Crippen molar-refractivity contribution in [2.24, 2.45) is 0 Å². The average Bonchev–Trinajstić information content (AvgIpc) is 3.02. The maximum absolute atomic E-state index is 12.7. The van der Waals surface area contributed by atoms with Gasteiger partial charge in [-0.05, 0) is 13.8 Å². The highest BCUT2D eigenvalue weighted by atomic mass is 32.1. The minimum atomic E-state index is -0.938. The van der Waals surface area contributed by atoms with Gasteiger partial charge in [0.2, 0.25) is 0 Å². The van der Waals surface area contributed by atoms with Crippen molar-refractivity contribution in [3.05, 3.63) is 55.1 Å². The van der Waals surface area contributed by atoms with Crippen molar-refractivity contribution in [3.8, 4) is 5.06 Å². The number of benzene rings is 1. The Balaban J connectivity index is 2.49. The Kier molecular flexibility index (Phi) is 7.37. The largest absolute Gasteiger partial charge is 0.462 e. The van der Waals surface area contributed by atoms with Gasteiger partial charge in [0.15, 0.2) is 5.06 Å². The molecule has 0 atom stereocenters. The second-order valence-electron chi connectivity index (χ2n) is 5.97.